The van der Waals surface area contributed by atoms with Crippen molar-refractivity contribution in [3.8, 4) is 0 Å². The summed E-state index contributed by atoms with van der Waals surface area (Å²) in [5.41, 5.74) is 1.00. The standard InChI is InChI=1S/C11H12BrNO3S/c1-6-5-17-9(8(6)12)10(14)13-4-2-3-7(13)11(15)16/h5,7H,2-4H2,1H3,(H,15,16)/t7-/m0/s1. The van der Waals surface area contributed by atoms with Gasteiger partial charge in [0, 0.05) is 11.0 Å². The highest BCUT2D eigenvalue weighted by atomic mass is 79.9. The molecule has 2 rings (SSSR count). The average Bonchev–Trinajstić information content (AvgIpc) is 2.87. The molecule has 0 spiro atoms. The average molecular weight is 318 g/mol. The second kappa shape index (κ2) is 4.78. The van der Waals surface area contributed by atoms with Crippen molar-refractivity contribution in [2.24, 2.45) is 0 Å². The topological polar surface area (TPSA) is 57.6 Å². The van der Waals surface area contributed by atoms with Crippen molar-refractivity contribution in [1.29, 1.82) is 0 Å². The fourth-order valence-corrected chi connectivity index (χ4v) is 3.58. The summed E-state index contributed by atoms with van der Waals surface area (Å²) in [5, 5.41) is 10.9. The molecule has 1 saturated heterocycles. The molecule has 1 atom stereocenters. The van der Waals surface area contributed by atoms with E-state index in [1.807, 2.05) is 12.3 Å². The van der Waals surface area contributed by atoms with Gasteiger partial charge in [0.15, 0.2) is 0 Å². The van der Waals surface area contributed by atoms with Crippen molar-refractivity contribution in [1.82, 2.24) is 4.90 Å². The number of amides is 1. The number of carbonyl (C=O) groups is 2. The smallest absolute Gasteiger partial charge is 0.326 e. The number of rotatable bonds is 2. The first kappa shape index (κ1) is 12.6. The van der Waals surface area contributed by atoms with Gasteiger partial charge in [0.1, 0.15) is 10.9 Å². The summed E-state index contributed by atoms with van der Waals surface area (Å²) in [7, 11) is 0. The number of carbonyl (C=O) groups excluding carboxylic acids is 1. The first-order chi connectivity index (χ1) is 8.02. The van der Waals surface area contributed by atoms with E-state index in [1.54, 1.807) is 0 Å². The summed E-state index contributed by atoms with van der Waals surface area (Å²) in [6.07, 6.45) is 1.30. The van der Waals surface area contributed by atoms with Crippen molar-refractivity contribution in [3.63, 3.8) is 0 Å². The van der Waals surface area contributed by atoms with Crippen molar-refractivity contribution in [2.45, 2.75) is 25.8 Å². The lowest BCUT2D eigenvalue weighted by Crippen LogP contribution is -2.40. The molecule has 1 fully saturated rings. The Morgan fingerprint density at radius 1 is 1.59 bits per heavy atom. The van der Waals surface area contributed by atoms with Crippen LogP contribution in [0, 0.1) is 6.92 Å². The Bertz CT molecular complexity index is 471. The maximum Gasteiger partial charge on any atom is 0.326 e. The molecule has 0 aromatic carbocycles. The Kier molecular flexibility index (Phi) is 3.53. The molecule has 1 aromatic heterocycles. The van der Waals surface area contributed by atoms with Crippen molar-refractivity contribution in [3.05, 3.63) is 20.3 Å². The minimum absolute atomic E-state index is 0.181. The van der Waals surface area contributed by atoms with E-state index in [2.05, 4.69) is 15.9 Å². The van der Waals surface area contributed by atoms with Crippen LogP contribution in [0.5, 0.6) is 0 Å². The maximum absolute atomic E-state index is 12.2. The zero-order valence-electron chi connectivity index (χ0n) is 9.27. The molecule has 0 unspecified atom stereocenters. The van der Waals surface area contributed by atoms with Crippen LogP contribution in [0.2, 0.25) is 0 Å². The van der Waals surface area contributed by atoms with Crippen LogP contribution in [-0.4, -0.2) is 34.5 Å². The molecule has 2 heterocycles. The van der Waals surface area contributed by atoms with Crippen LogP contribution < -0.4 is 0 Å². The Labute approximate surface area is 111 Å². The number of halogens is 1. The van der Waals surface area contributed by atoms with E-state index in [0.717, 1.165) is 16.5 Å². The van der Waals surface area contributed by atoms with Crippen LogP contribution in [0.4, 0.5) is 0 Å². The molecular weight excluding hydrogens is 306 g/mol. The van der Waals surface area contributed by atoms with Gasteiger partial charge in [0.25, 0.3) is 5.91 Å². The molecule has 0 aliphatic carbocycles. The van der Waals surface area contributed by atoms with Crippen molar-refractivity contribution in [2.75, 3.05) is 6.54 Å². The van der Waals surface area contributed by atoms with Crippen LogP contribution in [0.25, 0.3) is 0 Å². The number of thiophene rings is 1. The zero-order chi connectivity index (χ0) is 12.6. The molecule has 1 aliphatic heterocycles. The van der Waals surface area contributed by atoms with Gasteiger partial charge < -0.3 is 10.0 Å². The summed E-state index contributed by atoms with van der Waals surface area (Å²) in [6.45, 7) is 2.44. The molecule has 1 aliphatic rings. The number of hydrogen-bond acceptors (Lipinski definition) is 3. The van der Waals surface area contributed by atoms with Gasteiger partial charge >= 0.3 is 5.97 Å². The Hall–Kier alpha value is -0.880. The number of likely N-dealkylation sites (tertiary alicyclic amines) is 1. The second-order valence-corrected chi connectivity index (χ2v) is 5.73. The van der Waals surface area contributed by atoms with Crippen LogP contribution in [0.3, 0.4) is 0 Å². The van der Waals surface area contributed by atoms with Gasteiger partial charge in [-0.15, -0.1) is 11.3 Å². The fourth-order valence-electron chi connectivity index (χ4n) is 1.97. The molecule has 1 amide bonds. The van der Waals surface area contributed by atoms with E-state index in [4.69, 9.17) is 5.11 Å². The lowest BCUT2D eigenvalue weighted by atomic mass is 10.2. The predicted octanol–water partition coefficient (Wildman–Crippen LogP) is 2.51. The summed E-state index contributed by atoms with van der Waals surface area (Å²) in [6, 6.07) is -0.670. The molecular formula is C11H12BrNO3S. The lowest BCUT2D eigenvalue weighted by Gasteiger charge is -2.20. The summed E-state index contributed by atoms with van der Waals surface area (Å²) in [5.74, 6) is -1.10. The summed E-state index contributed by atoms with van der Waals surface area (Å²) < 4.78 is 0.781. The van der Waals surface area contributed by atoms with Gasteiger partial charge in [-0.2, -0.15) is 0 Å². The van der Waals surface area contributed by atoms with E-state index in [-0.39, 0.29) is 5.91 Å². The van der Waals surface area contributed by atoms with E-state index in [1.165, 1.54) is 16.2 Å². The Balaban J connectivity index is 2.26. The molecule has 6 heteroatoms. The Morgan fingerprint density at radius 2 is 2.29 bits per heavy atom. The minimum Gasteiger partial charge on any atom is -0.480 e. The molecule has 1 N–H and O–H groups in total. The third-order valence-electron chi connectivity index (χ3n) is 2.89. The molecule has 0 bridgehead atoms. The van der Waals surface area contributed by atoms with Crippen LogP contribution >= 0.6 is 27.3 Å². The largest absolute Gasteiger partial charge is 0.480 e. The number of aliphatic carboxylic acids is 1. The van der Waals surface area contributed by atoms with Crippen molar-refractivity contribution < 1.29 is 14.7 Å². The molecule has 17 heavy (non-hydrogen) atoms. The SMILES string of the molecule is Cc1csc(C(=O)N2CCC[C@H]2C(=O)O)c1Br. The number of nitrogens with zero attached hydrogens (tertiary/aromatic N) is 1. The van der Waals surface area contributed by atoms with Gasteiger partial charge in [-0.05, 0) is 46.6 Å². The van der Waals surface area contributed by atoms with E-state index < -0.39 is 12.0 Å². The second-order valence-electron chi connectivity index (χ2n) is 4.06. The molecule has 92 valence electrons. The minimum atomic E-state index is -0.916. The summed E-state index contributed by atoms with van der Waals surface area (Å²) >= 11 is 4.72. The number of aryl methyl sites for hydroxylation is 1. The third kappa shape index (κ3) is 2.24. The van der Waals surface area contributed by atoms with Crippen molar-refractivity contribution >= 4 is 39.1 Å². The highest BCUT2D eigenvalue weighted by Gasteiger charge is 2.35. The third-order valence-corrected chi connectivity index (χ3v) is 5.26. The number of carboxylic acid groups (broad SMARTS) is 1. The molecule has 0 saturated carbocycles. The molecule has 4 nitrogen and oxygen atoms in total. The highest BCUT2D eigenvalue weighted by molar-refractivity contribution is 9.10. The van der Waals surface area contributed by atoms with Gasteiger partial charge in [0.2, 0.25) is 0 Å². The summed E-state index contributed by atoms with van der Waals surface area (Å²) in [4.78, 5) is 25.3. The van der Waals surface area contributed by atoms with E-state index in [9.17, 15) is 9.59 Å². The van der Waals surface area contributed by atoms with Gasteiger partial charge in [-0.25, -0.2) is 4.79 Å². The van der Waals surface area contributed by atoms with Gasteiger partial charge in [-0.1, -0.05) is 0 Å². The molecule has 1 aromatic rings. The molecule has 0 radical (unpaired) electrons. The van der Waals surface area contributed by atoms with Crippen LogP contribution in [0.1, 0.15) is 28.1 Å². The maximum atomic E-state index is 12.2. The highest BCUT2D eigenvalue weighted by Crippen LogP contribution is 2.31. The fraction of sp³-hybridized carbons (Fsp3) is 0.455. The van der Waals surface area contributed by atoms with Crippen LogP contribution in [0.15, 0.2) is 9.85 Å². The predicted molar refractivity (Wildman–Crippen MR) is 68.5 cm³/mol. The number of carboxylic acids is 1. The van der Waals surface area contributed by atoms with Crippen LogP contribution in [-0.2, 0) is 4.79 Å². The van der Waals surface area contributed by atoms with E-state index in [0.29, 0.717) is 17.8 Å². The van der Waals surface area contributed by atoms with Gasteiger partial charge in [0.05, 0.1) is 0 Å². The zero-order valence-corrected chi connectivity index (χ0v) is 11.7. The number of hydrogen-bond donors (Lipinski definition) is 1. The first-order valence-electron chi connectivity index (χ1n) is 5.29. The monoisotopic (exact) mass is 317 g/mol. The first-order valence-corrected chi connectivity index (χ1v) is 6.97. The quantitative estimate of drug-likeness (QED) is 0.911. The lowest BCUT2D eigenvalue weighted by molar-refractivity contribution is -0.141. The normalized spacial score (nSPS) is 19.6. The Morgan fingerprint density at radius 3 is 2.82 bits per heavy atom. The van der Waals surface area contributed by atoms with E-state index >= 15 is 0 Å². The van der Waals surface area contributed by atoms with Gasteiger partial charge in [-0.3, -0.25) is 4.79 Å².